The van der Waals surface area contributed by atoms with E-state index >= 15 is 0 Å². The predicted molar refractivity (Wildman–Crippen MR) is 64.1 cm³/mol. The number of benzene rings is 1. The number of hydrogen-bond acceptors (Lipinski definition) is 0. The predicted octanol–water partition coefficient (Wildman–Crippen LogP) is 4.08. The molecule has 3 aliphatic rings. The van der Waals surface area contributed by atoms with Gasteiger partial charge >= 0.3 is 0 Å². The quantitative estimate of drug-likeness (QED) is 0.687. The fourth-order valence-corrected chi connectivity index (χ4v) is 3.24. The molecule has 4 rings (SSSR count). The van der Waals surface area contributed by atoms with Gasteiger partial charge in [0.2, 0.25) is 0 Å². The van der Waals surface area contributed by atoms with Crippen LogP contribution in [0.3, 0.4) is 0 Å². The van der Waals surface area contributed by atoms with Gasteiger partial charge in [-0.3, -0.25) is 0 Å². The zero-order valence-corrected chi connectivity index (χ0v) is 9.63. The van der Waals surface area contributed by atoms with E-state index in [9.17, 15) is 0 Å². The molecule has 0 aromatic heterocycles. The number of unbranched alkanes of at least 4 members (excludes halogenated alkanes) is 1. The minimum atomic E-state index is 0.647. The number of hydrogen-bond donors (Lipinski definition) is 0. The molecule has 0 N–H and O–H groups in total. The van der Waals surface area contributed by atoms with E-state index in [4.69, 9.17) is 0 Å². The smallest absolute Gasteiger partial charge is 0.00390 e. The third kappa shape index (κ3) is 1.42. The van der Waals surface area contributed by atoms with Crippen LogP contribution in [-0.2, 0) is 11.8 Å². The van der Waals surface area contributed by atoms with Crippen molar-refractivity contribution in [1.29, 1.82) is 0 Å². The van der Waals surface area contributed by atoms with E-state index < -0.39 is 0 Å². The minimum absolute atomic E-state index is 0.647. The average Bonchev–Trinajstić information content (AvgIpc) is 2.12. The second-order valence-electron chi connectivity index (χ2n) is 5.56. The summed E-state index contributed by atoms with van der Waals surface area (Å²) in [5.74, 6) is 1.09. The van der Waals surface area contributed by atoms with Crippen LogP contribution in [0.4, 0.5) is 0 Å². The highest BCUT2D eigenvalue weighted by Gasteiger charge is 2.57. The monoisotopic (exact) mass is 200 g/mol. The third-order valence-corrected chi connectivity index (χ3v) is 4.42. The first-order valence-electron chi connectivity index (χ1n) is 6.42. The molecule has 80 valence electrons. The van der Waals surface area contributed by atoms with E-state index in [0.717, 1.165) is 5.92 Å². The highest BCUT2D eigenvalue weighted by Crippen LogP contribution is 2.64. The maximum Gasteiger partial charge on any atom is -0.00390 e. The Morgan fingerprint density at radius 3 is 2.27 bits per heavy atom. The topological polar surface area (TPSA) is 0 Å². The van der Waals surface area contributed by atoms with Crippen molar-refractivity contribution >= 4 is 0 Å². The molecular formula is C15H20. The normalized spacial score (nSPS) is 31.9. The summed E-state index contributed by atoms with van der Waals surface area (Å²) in [6.45, 7) is 2.26. The van der Waals surface area contributed by atoms with Crippen molar-refractivity contribution in [3.8, 4) is 0 Å². The van der Waals surface area contributed by atoms with Crippen LogP contribution in [-0.4, -0.2) is 0 Å². The molecule has 15 heavy (non-hydrogen) atoms. The van der Waals surface area contributed by atoms with Crippen molar-refractivity contribution in [2.75, 3.05) is 0 Å². The second kappa shape index (κ2) is 3.37. The average molecular weight is 200 g/mol. The van der Waals surface area contributed by atoms with Gasteiger partial charge in [0, 0.05) is 0 Å². The Balaban J connectivity index is 1.70. The largest absolute Gasteiger partial charge is 0.0654 e. The Morgan fingerprint density at radius 1 is 1.13 bits per heavy atom. The molecule has 0 nitrogen and oxygen atoms in total. The summed E-state index contributed by atoms with van der Waals surface area (Å²) in [7, 11) is 0. The summed E-state index contributed by atoms with van der Waals surface area (Å²) in [5.41, 5.74) is 3.78. The van der Waals surface area contributed by atoms with Crippen LogP contribution in [0, 0.1) is 5.92 Å². The van der Waals surface area contributed by atoms with E-state index in [1.54, 1.807) is 5.56 Å². The zero-order valence-electron chi connectivity index (χ0n) is 9.63. The van der Waals surface area contributed by atoms with Gasteiger partial charge in [-0.25, -0.2) is 0 Å². The minimum Gasteiger partial charge on any atom is -0.0654 e. The molecule has 0 unspecified atom stereocenters. The Morgan fingerprint density at radius 2 is 1.80 bits per heavy atom. The maximum atomic E-state index is 2.39. The van der Waals surface area contributed by atoms with Gasteiger partial charge in [0.05, 0.1) is 0 Å². The van der Waals surface area contributed by atoms with E-state index in [1.165, 1.54) is 44.1 Å². The van der Waals surface area contributed by atoms with Gasteiger partial charge in [0.25, 0.3) is 0 Å². The van der Waals surface area contributed by atoms with E-state index in [0.29, 0.717) is 5.41 Å². The fourth-order valence-electron chi connectivity index (χ4n) is 3.24. The Bertz CT molecular complexity index is 330. The molecule has 3 aliphatic carbocycles. The summed E-state index contributed by atoms with van der Waals surface area (Å²) >= 11 is 0. The van der Waals surface area contributed by atoms with Gasteiger partial charge in [-0.05, 0) is 54.6 Å². The maximum absolute atomic E-state index is 2.39. The molecule has 0 atom stereocenters. The van der Waals surface area contributed by atoms with Crippen LogP contribution in [0.25, 0.3) is 0 Å². The molecule has 0 amide bonds. The number of rotatable bonds is 4. The molecule has 1 aromatic carbocycles. The SMILES string of the molecule is CCCCc1ccc(C23CC(C2)C3)cc1. The molecule has 0 radical (unpaired) electrons. The van der Waals surface area contributed by atoms with Crippen molar-refractivity contribution in [3.63, 3.8) is 0 Å². The molecule has 0 heterocycles. The van der Waals surface area contributed by atoms with Gasteiger partial charge in [0.15, 0.2) is 0 Å². The van der Waals surface area contributed by atoms with Gasteiger partial charge in [-0.1, -0.05) is 37.6 Å². The molecule has 0 spiro atoms. The first-order chi connectivity index (χ1) is 7.32. The van der Waals surface area contributed by atoms with Crippen LogP contribution < -0.4 is 0 Å². The van der Waals surface area contributed by atoms with Crippen LogP contribution >= 0.6 is 0 Å². The van der Waals surface area contributed by atoms with E-state index in [2.05, 4.69) is 31.2 Å². The fraction of sp³-hybridized carbons (Fsp3) is 0.600. The molecule has 0 saturated heterocycles. The van der Waals surface area contributed by atoms with Crippen molar-refractivity contribution < 1.29 is 0 Å². The second-order valence-corrected chi connectivity index (χ2v) is 5.56. The molecule has 0 heteroatoms. The van der Waals surface area contributed by atoms with Crippen molar-refractivity contribution in [2.24, 2.45) is 5.92 Å². The lowest BCUT2D eigenvalue weighted by atomic mass is 9.42. The number of aryl methyl sites for hydroxylation is 1. The van der Waals surface area contributed by atoms with Crippen molar-refractivity contribution in [1.82, 2.24) is 0 Å². The van der Waals surface area contributed by atoms with Gasteiger partial charge in [0.1, 0.15) is 0 Å². The molecule has 1 aromatic rings. The Kier molecular flexibility index (Phi) is 2.12. The summed E-state index contributed by atoms with van der Waals surface area (Å²) in [6, 6.07) is 9.48. The van der Waals surface area contributed by atoms with E-state index in [1.807, 2.05) is 0 Å². The first-order valence-corrected chi connectivity index (χ1v) is 6.42. The first kappa shape index (κ1) is 9.45. The lowest BCUT2D eigenvalue weighted by Gasteiger charge is -2.62. The van der Waals surface area contributed by atoms with Crippen molar-refractivity contribution in [2.45, 2.75) is 50.9 Å². The molecule has 2 bridgehead atoms. The van der Waals surface area contributed by atoms with Gasteiger partial charge in [-0.15, -0.1) is 0 Å². The Hall–Kier alpha value is -0.780. The van der Waals surface area contributed by atoms with Gasteiger partial charge < -0.3 is 0 Å². The van der Waals surface area contributed by atoms with Crippen molar-refractivity contribution in [3.05, 3.63) is 35.4 Å². The molecule has 3 saturated carbocycles. The van der Waals surface area contributed by atoms with Crippen LogP contribution in [0.5, 0.6) is 0 Å². The van der Waals surface area contributed by atoms with Crippen LogP contribution in [0.15, 0.2) is 24.3 Å². The summed E-state index contributed by atoms with van der Waals surface area (Å²) in [5, 5.41) is 0. The summed E-state index contributed by atoms with van der Waals surface area (Å²) < 4.78 is 0. The zero-order chi connectivity index (χ0) is 10.3. The molecule has 3 fully saturated rings. The van der Waals surface area contributed by atoms with Crippen LogP contribution in [0.2, 0.25) is 0 Å². The molecular weight excluding hydrogens is 180 g/mol. The third-order valence-electron chi connectivity index (χ3n) is 4.42. The van der Waals surface area contributed by atoms with E-state index in [-0.39, 0.29) is 0 Å². The Labute approximate surface area is 92.7 Å². The molecule has 0 aliphatic heterocycles. The standard InChI is InChI=1S/C15H20/c1-2-3-4-12-5-7-14(8-6-12)15-9-13(10-15)11-15/h5-8,13H,2-4,9-11H2,1H3. The van der Waals surface area contributed by atoms with Gasteiger partial charge in [-0.2, -0.15) is 0 Å². The lowest BCUT2D eigenvalue weighted by molar-refractivity contribution is -0.0274. The summed E-state index contributed by atoms with van der Waals surface area (Å²) in [6.07, 6.45) is 8.30. The highest BCUT2D eigenvalue weighted by molar-refractivity contribution is 5.36. The lowest BCUT2D eigenvalue weighted by Crippen LogP contribution is -2.55. The van der Waals surface area contributed by atoms with Crippen LogP contribution in [0.1, 0.15) is 50.2 Å². The summed E-state index contributed by atoms with van der Waals surface area (Å²) in [4.78, 5) is 0. The highest BCUT2D eigenvalue weighted by atomic mass is 14.6.